The van der Waals surface area contributed by atoms with Crippen LogP contribution in [0.25, 0.3) is 11.1 Å². The number of carboxylic acid groups (broad SMARTS) is 1. The molecule has 5 atom stereocenters. The first-order valence-electron chi connectivity index (χ1n) is 17.0. The molecule has 0 fully saturated rings. The Morgan fingerprint density at radius 3 is 1.94 bits per heavy atom. The molecule has 0 aliphatic heterocycles. The molecule has 0 aliphatic rings. The first-order valence-corrected chi connectivity index (χ1v) is 17.0. The second-order valence-electron chi connectivity index (χ2n) is 15.1. The Bertz CT molecular complexity index is 1590. The van der Waals surface area contributed by atoms with E-state index in [1.807, 2.05) is 87.5 Å². The Morgan fingerprint density at radius 1 is 0.784 bits per heavy atom. The van der Waals surface area contributed by atoms with Crippen LogP contribution in [0.3, 0.4) is 0 Å². The van der Waals surface area contributed by atoms with Crippen molar-refractivity contribution in [3.63, 3.8) is 0 Å². The molecule has 0 saturated carbocycles. The van der Waals surface area contributed by atoms with Gasteiger partial charge in [0, 0.05) is 25.5 Å². The number of aromatic nitrogens is 1. The molecule has 4 amide bonds. The van der Waals surface area contributed by atoms with Gasteiger partial charge in [-0.05, 0) is 58.4 Å². The average Bonchev–Trinajstić information content (AvgIpc) is 3.06. The highest BCUT2D eigenvalue weighted by Crippen LogP contribution is 2.26. The summed E-state index contributed by atoms with van der Waals surface area (Å²) in [5, 5.41) is 30.3. The predicted octanol–water partition coefficient (Wildman–Crippen LogP) is 5.05. The normalized spacial score (nSPS) is 14.6. The van der Waals surface area contributed by atoms with Crippen LogP contribution in [0, 0.1) is 10.8 Å². The predicted molar refractivity (Wildman–Crippen MR) is 196 cm³/mol. The minimum absolute atomic E-state index is 0.0257. The van der Waals surface area contributed by atoms with Gasteiger partial charge in [0.2, 0.25) is 11.8 Å². The van der Waals surface area contributed by atoms with Crippen molar-refractivity contribution in [2.75, 3.05) is 14.2 Å². The van der Waals surface area contributed by atoms with Gasteiger partial charge in [-0.25, -0.2) is 9.59 Å². The number of aliphatic hydroxyl groups is 1. The van der Waals surface area contributed by atoms with E-state index in [4.69, 9.17) is 4.74 Å². The maximum absolute atomic E-state index is 13.8. The molecular formula is C39H53N5O7. The lowest BCUT2D eigenvalue weighted by Gasteiger charge is -2.37. The van der Waals surface area contributed by atoms with Crippen LogP contribution in [0.2, 0.25) is 0 Å². The minimum atomic E-state index is -1.25. The van der Waals surface area contributed by atoms with Crippen molar-refractivity contribution in [1.82, 2.24) is 25.8 Å². The fourth-order valence-electron chi connectivity index (χ4n) is 6.11. The van der Waals surface area contributed by atoms with Crippen LogP contribution in [0.15, 0.2) is 79.1 Å². The molecule has 12 heteroatoms. The molecular weight excluding hydrogens is 650 g/mol. The number of alkyl carbamates (subject to hydrolysis) is 1. The number of nitrogens with zero attached hydrogens (tertiary/aromatic N) is 2. The zero-order chi connectivity index (χ0) is 37.9. The monoisotopic (exact) mass is 703 g/mol. The van der Waals surface area contributed by atoms with Gasteiger partial charge in [0.1, 0.15) is 12.1 Å². The zero-order valence-corrected chi connectivity index (χ0v) is 30.8. The molecule has 3 rings (SSSR count). The molecule has 0 aliphatic carbocycles. The highest BCUT2D eigenvalue weighted by Gasteiger charge is 2.39. The lowest BCUT2D eigenvalue weighted by molar-refractivity contribution is -0.131. The molecule has 51 heavy (non-hydrogen) atoms. The molecule has 2 aromatic carbocycles. The molecule has 0 radical (unpaired) electrons. The summed E-state index contributed by atoms with van der Waals surface area (Å²) in [4.78, 5) is 57.0. The van der Waals surface area contributed by atoms with Crippen molar-refractivity contribution in [3.8, 4) is 11.1 Å². The van der Waals surface area contributed by atoms with E-state index in [2.05, 4.69) is 20.9 Å². The Labute approximate surface area is 301 Å². The van der Waals surface area contributed by atoms with Gasteiger partial charge >= 0.3 is 12.2 Å². The number of carbonyl (C=O) groups is 4. The average molecular weight is 704 g/mol. The summed E-state index contributed by atoms with van der Waals surface area (Å²) in [6, 6.07) is 17.5. The van der Waals surface area contributed by atoms with Crippen molar-refractivity contribution < 1.29 is 34.1 Å². The van der Waals surface area contributed by atoms with E-state index >= 15 is 0 Å². The molecule has 1 heterocycles. The number of pyridine rings is 1. The van der Waals surface area contributed by atoms with Crippen molar-refractivity contribution in [1.29, 1.82) is 0 Å². The van der Waals surface area contributed by atoms with Crippen molar-refractivity contribution in [2.24, 2.45) is 10.8 Å². The molecule has 0 saturated heterocycles. The van der Waals surface area contributed by atoms with E-state index in [1.165, 1.54) is 14.2 Å². The smallest absolute Gasteiger partial charge is 0.407 e. The number of likely N-dealkylation sites (N-methyl/N-ethyl adjacent to an activating group) is 1. The molecule has 3 aromatic rings. The SMILES string of the molecule is COC(=O)N[C@H](C(=O)N[C@@H](Cc1ccc(-c2cccnc2)cc1)C[C@H](O)[C@H](Cc1ccccc1)NC(=O)[C@@H](N(C)C(=O)O)C(C)(C)C)C(C)(C)C. The fourth-order valence-corrected chi connectivity index (χ4v) is 6.11. The van der Waals surface area contributed by atoms with E-state index < -0.39 is 65.1 Å². The summed E-state index contributed by atoms with van der Waals surface area (Å²) in [5.41, 5.74) is 2.21. The third kappa shape index (κ3) is 12.1. The number of rotatable bonds is 14. The molecule has 0 bridgehead atoms. The third-order valence-electron chi connectivity index (χ3n) is 8.73. The van der Waals surface area contributed by atoms with Gasteiger partial charge in [0.15, 0.2) is 0 Å². The highest BCUT2D eigenvalue weighted by atomic mass is 16.5. The van der Waals surface area contributed by atoms with Crippen LogP contribution in [0.1, 0.15) is 59.1 Å². The highest BCUT2D eigenvalue weighted by molar-refractivity contribution is 5.87. The van der Waals surface area contributed by atoms with Crippen LogP contribution in [-0.4, -0.2) is 88.5 Å². The Balaban J connectivity index is 1.97. The van der Waals surface area contributed by atoms with E-state index in [9.17, 15) is 29.4 Å². The van der Waals surface area contributed by atoms with Gasteiger partial charge in [-0.2, -0.15) is 0 Å². The summed E-state index contributed by atoms with van der Waals surface area (Å²) in [7, 11) is 2.57. The maximum atomic E-state index is 13.8. The lowest BCUT2D eigenvalue weighted by atomic mass is 9.84. The summed E-state index contributed by atoms with van der Waals surface area (Å²) < 4.78 is 4.78. The van der Waals surface area contributed by atoms with Gasteiger partial charge in [0.25, 0.3) is 0 Å². The molecule has 1 aromatic heterocycles. The summed E-state index contributed by atoms with van der Waals surface area (Å²) in [5.74, 6) is -1.01. The number of hydrogen-bond acceptors (Lipinski definition) is 7. The maximum Gasteiger partial charge on any atom is 0.407 e. The van der Waals surface area contributed by atoms with Crippen LogP contribution in [0.5, 0.6) is 0 Å². The van der Waals surface area contributed by atoms with Crippen LogP contribution in [-0.2, 0) is 27.2 Å². The number of nitrogens with one attached hydrogen (secondary N) is 3. The number of aliphatic hydroxyl groups excluding tert-OH is 1. The second kappa shape index (κ2) is 17.8. The third-order valence-corrected chi connectivity index (χ3v) is 8.73. The van der Waals surface area contributed by atoms with Crippen molar-refractivity contribution >= 4 is 24.0 Å². The fraction of sp³-hybridized carbons (Fsp3) is 0.462. The van der Waals surface area contributed by atoms with Gasteiger partial charge in [-0.1, -0.05) is 102 Å². The summed E-state index contributed by atoms with van der Waals surface area (Å²) >= 11 is 0. The first kappa shape index (κ1) is 40.5. The molecule has 5 N–H and O–H groups in total. The standard InChI is InChI=1S/C39H53N5O7/c1-38(2,3)32(43-36(48)51-8)34(46)41-29(21-26-16-18-27(19-17-26)28-15-12-20-40-24-28)23-31(45)30(22-25-13-10-9-11-14-25)42-35(47)33(39(4,5)6)44(7)37(49)50/h9-20,24,29-33,45H,21-23H2,1-8H3,(H,41,46)(H,42,47)(H,43,48)(H,49,50)/t29-,30-,31-,32+,33+/m0/s1. The molecule has 276 valence electrons. The van der Waals surface area contributed by atoms with E-state index in [1.54, 1.807) is 33.2 Å². The Kier molecular flexibility index (Phi) is 14.1. The van der Waals surface area contributed by atoms with Crippen LogP contribution in [0.4, 0.5) is 9.59 Å². The quantitative estimate of drug-likeness (QED) is 0.155. The minimum Gasteiger partial charge on any atom is -0.465 e. The first-order chi connectivity index (χ1) is 23.9. The number of hydrogen-bond donors (Lipinski definition) is 5. The van der Waals surface area contributed by atoms with Crippen molar-refractivity contribution in [2.45, 2.75) is 91.1 Å². The van der Waals surface area contributed by atoms with Gasteiger partial charge in [-0.3, -0.25) is 19.5 Å². The largest absolute Gasteiger partial charge is 0.465 e. The van der Waals surface area contributed by atoms with E-state index in [-0.39, 0.29) is 12.8 Å². The molecule has 0 spiro atoms. The zero-order valence-electron chi connectivity index (χ0n) is 30.8. The number of amides is 4. The lowest BCUT2D eigenvalue weighted by Crippen LogP contribution is -2.59. The Hall–Kier alpha value is -4.97. The topological polar surface area (TPSA) is 170 Å². The van der Waals surface area contributed by atoms with Crippen LogP contribution >= 0.6 is 0 Å². The summed E-state index contributed by atoms with van der Waals surface area (Å²) in [6.45, 7) is 10.8. The Morgan fingerprint density at radius 2 is 1.41 bits per heavy atom. The van der Waals surface area contributed by atoms with Crippen LogP contribution < -0.4 is 16.0 Å². The molecule has 0 unspecified atom stereocenters. The van der Waals surface area contributed by atoms with Crippen molar-refractivity contribution in [3.05, 3.63) is 90.3 Å². The van der Waals surface area contributed by atoms with Gasteiger partial charge in [-0.15, -0.1) is 0 Å². The molecule has 12 nitrogen and oxygen atoms in total. The summed E-state index contributed by atoms with van der Waals surface area (Å²) in [6.07, 6.45) is 0.894. The van der Waals surface area contributed by atoms with E-state index in [0.717, 1.165) is 27.2 Å². The number of carbonyl (C=O) groups excluding carboxylic acids is 3. The number of benzene rings is 2. The van der Waals surface area contributed by atoms with Gasteiger partial charge in [0.05, 0.1) is 19.3 Å². The second-order valence-corrected chi connectivity index (χ2v) is 15.1. The van der Waals surface area contributed by atoms with Gasteiger partial charge < -0.3 is 30.9 Å². The number of ether oxygens (including phenoxy) is 1. The number of methoxy groups -OCH3 is 1. The van der Waals surface area contributed by atoms with E-state index in [0.29, 0.717) is 6.42 Å².